The van der Waals surface area contributed by atoms with E-state index >= 15 is 0 Å². The number of amidine groups is 1. The van der Waals surface area contributed by atoms with E-state index in [1.54, 1.807) is 0 Å². The molecule has 1 fully saturated rings. The van der Waals surface area contributed by atoms with Gasteiger partial charge in [-0.25, -0.2) is 0 Å². The minimum atomic E-state index is 0.535. The highest BCUT2D eigenvalue weighted by Crippen LogP contribution is 2.17. The molecule has 3 heteroatoms. The summed E-state index contributed by atoms with van der Waals surface area (Å²) in [5.41, 5.74) is 1.40. The van der Waals surface area contributed by atoms with Gasteiger partial charge in [0.1, 0.15) is 0 Å². The van der Waals surface area contributed by atoms with Gasteiger partial charge in [0.2, 0.25) is 0 Å². The van der Waals surface area contributed by atoms with E-state index in [1.165, 1.54) is 5.56 Å². The van der Waals surface area contributed by atoms with E-state index in [2.05, 4.69) is 54.5 Å². The first-order valence-corrected chi connectivity index (χ1v) is 7.20. The van der Waals surface area contributed by atoms with Crippen molar-refractivity contribution >= 4 is 16.9 Å². The number of hydrogen-bond donors (Lipinski definition) is 1. The highest BCUT2D eigenvalue weighted by Gasteiger charge is 2.20. The third-order valence-electron chi connectivity index (χ3n) is 2.67. The highest BCUT2D eigenvalue weighted by molar-refractivity contribution is 8.14. The standard InChI is InChI=1S/C14H20N2S/c1-11(2)9-15-14-16-13(10-17-14)8-12-6-4-3-5-7-12/h3-7,11,13H,8-10H2,1-2H3,(H,15,16). The number of rotatable bonds is 4. The number of benzene rings is 1. The van der Waals surface area contributed by atoms with Gasteiger partial charge in [-0.1, -0.05) is 55.9 Å². The van der Waals surface area contributed by atoms with E-state index in [-0.39, 0.29) is 0 Å². The summed E-state index contributed by atoms with van der Waals surface area (Å²) in [7, 11) is 0. The summed E-state index contributed by atoms with van der Waals surface area (Å²) in [5, 5.41) is 4.63. The summed E-state index contributed by atoms with van der Waals surface area (Å²) in [6.45, 7) is 5.32. The van der Waals surface area contributed by atoms with E-state index in [9.17, 15) is 0 Å². The lowest BCUT2D eigenvalue weighted by Crippen LogP contribution is -2.29. The molecule has 0 bridgehead atoms. The Hall–Kier alpha value is -0.960. The quantitative estimate of drug-likeness (QED) is 0.886. The number of aliphatic imine (C=N–C) groups is 1. The number of nitrogens with one attached hydrogen (secondary N) is 1. The van der Waals surface area contributed by atoms with Crippen molar-refractivity contribution in [2.75, 3.05) is 12.3 Å². The second kappa shape index (κ2) is 6.10. The first-order chi connectivity index (χ1) is 8.24. The molecule has 1 N–H and O–H groups in total. The molecule has 1 aliphatic rings. The summed E-state index contributed by atoms with van der Waals surface area (Å²) in [4.78, 5) is 4.58. The molecule has 0 saturated carbocycles. The zero-order chi connectivity index (χ0) is 12.1. The Morgan fingerprint density at radius 1 is 1.35 bits per heavy atom. The molecule has 1 atom stereocenters. The lowest BCUT2D eigenvalue weighted by Gasteiger charge is -2.09. The van der Waals surface area contributed by atoms with Crippen molar-refractivity contribution in [2.45, 2.75) is 26.3 Å². The molecule has 1 unspecified atom stereocenters. The van der Waals surface area contributed by atoms with Gasteiger partial charge in [-0.3, -0.25) is 4.99 Å². The zero-order valence-electron chi connectivity index (χ0n) is 10.5. The fraction of sp³-hybridized carbons (Fsp3) is 0.500. The molecule has 1 aliphatic heterocycles. The van der Waals surface area contributed by atoms with Crippen molar-refractivity contribution in [3.05, 3.63) is 35.9 Å². The second-order valence-corrected chi connectivity index (χ2v) is 5.89. The summed E-state index contributed by atoms with van der Waals surface area (Å²) in [5.74, 6) is 1.77. The van der Waals surface area contributed by atoms with Crippen LogP contribution in [-0.4, -0.2) is 23.5 Å². The maximum Gasteiger partial charge on any atom is 0.156 e. The Labute approximate surface area is 108 Å². The van der Waals surface area contributed by atoms with Gasteiger partial charge in [-0.2, -0.15) is 0 Å². The molecule has 1 aromatic carbocycles. The van der Waals surface area contributed by atoms with E-state index < -0.39 is 0 Å². The fourth-order valence-corrected chi connectivity index (χ4v) is 2.78. The molecule has 1 saturated heterocycles. The Bertz CT molecular complexity index is 373. The zero-order valence-corrected chi connectivity index (χ0v) is 11.3. The van der Waals surface area contributed by atoms with Gasteiger partial charge in [0.15, 0.2) is 5.17 Å². The lowest BCUT2D eigenvalue weighted by atomic mass is 10.1. The third-order valence-corrected chi connectivity index (χ3v) is 3.76. The molecule has 0 spiro atoms. The largest absolute Gasteiger partial charge is 0.361 e. The van der Waals surface area contributed by atoms with Crippen LogP contribution in [0, 0.1) is 5.92 Å². The van der Waals surface area contributed by atoms with Crippen molar-refractivity contribution in [1.29, 1.82) is 0 Å². The molecule has 0 radical (unpaired) electrons. The van der Waals surface area contributed by atoms with Crippen LogP contribution in [0.4, 0.5) is 0 Å². The van der Waals surface area contributed by atoms with Gasteiger partial charge in [0, 0.05) is 18.3 Å². The molecule has 2 nitrogen and oxygen atoms in total. The second-order valence-electron chi connectivity index (χ2n) is 4.88. The van der Waals surface area contributed by atoms with Crippen LogP contribution >= 0.6 is 11.8 Å². The highest BCUT2D eigenvalue weighted by atomic mass is 32.2. The summed E-state index contributed by atoms with van der Waals surface area (Å²) in [6, 6.07) is 11.2. The predicted molar refractivity (Wildman–Crippen MR) is 76.7 cm³/mol. The van der Waals surface area contributed by atoms with Crippen molar-refractivity contribution in [2.24, 2.45) is 10.9 Å². The minimum Gasteiger partial charge on any atom is -0.361 e. The average molecular weight is 248 g/mol. The molecule has 1 heterocycles. The van der Waals surface area contributed by atoms with Gasteiger partial charge in [0.25, 0.3) is 0 Å². The number of thioether (sulfide) groups is 1. The Balaban J connectivity index is 1.84. The SMILES string of the molecule is CC(C)CN=C1NC(Cc2ccccc2)CS1. The summed E-state index contributed by atoms with van der Waals surface area (Å²) in [6.07, 6.45) is 1.09. The van der Waals surface area contributed by atoms with E-state index in [0.717, 1.165) is 23.9 Å². The average Bonchev–Trinajstić information content (AvgIpc) is 2.75. The van der Waals surface area contributed by atoms with Crippen LogP contribution < -0.4 is 5.32 Å². The molecular formula is C14H20N2S. The van der Waals surface area contributed by atoms with Gasteiger partial charge in [0.05, 0.1) is 0 Å². The van der Waals surface area contributed by atoms with Gasteiger partial charge < -0.3 is 5.32 Å². The monoisotopic (exact) mass is 248 g/mol. The van der Waals surface area contributed by atoms with Crippen molar-refractivity contribution in [3.63, 3.8) is 0 Å². The van der Waals surface area contributed by atoms with Crippen LogP contribution in [0.15, 0.2) is 35.3 Å². The third kappa shape index (κ3) is 4.08. The van der Waals surface area contributed by atoms with Crippen LogP contribution in [0.5, 0.6) is 0 Å². The van der Waals surface area contributed by atoms with Crippen LogP contribution in [0.1, 0.15) is 19.4 Å². The first-order valence-electron chi connectivity index (χ1n) is 6.21. The number of hydrogen-bond acceptors (Lipinski definition) is 2. The Kier molecular flexibility index (Phi) is 4.49. The number of nitrogens with zero attached hydrogens (tertiary/aromatic N) is 1. The van der Waals surface area contributed by atoms with Crippen molar-refractivity contribution in [1.82, 2.24) is 5.32 Å². The van der Waals surface area contributed by atoms with Gasteiger partial charge >= 0.3 is 0 Å². The molecule has 92 valence electrons. The molecule has 1 aromatic rings. The topological polar surface area (TPSA) is 24.4 Å². The van der Waals surface area contributed by atoms with Crippen LogP contribution in [0.25, 0.3) is 0 Å². The van der Waals surface area contributed by atoms with E-state index in [0.29, 0.717) is 12.0 Å². The minimum absolute atomic E-state index is 0.535. The smallest absolute Gasteiger partial charge is 0.156 e. The molecule has 2 rings (SSSR count). The van der Waals surface area contributed by atoms with E-state index in [4.69, 9.17) is 0 Å². The maximum absolute atomic E-state index is 4.58. The molecule has 0 amide bonds. The van der Waals surface area contributed by atoms with Crippen LogP contribution in [-0.2, 0) is 6.42 Å². The van der Waals surface area contributed by atoms with Crippen molar-refractivity contribution in [3.8, 4) is 0 Å². The fourth-order valence-electron chi connectivity index (χ4n) is 1.80. The molecule has 17 heavy (non-hydrogen) atoms. The maximum atomic E-state index is 4.58. The van der Waals surface area contributed by atoms with Crippen LogP contribution in [0.3, 0.4) is 0 Å². The molecule has 0 aromatic heterocycles. The Morgan fingerprint density at radius 3 is 2.82 bits per heavy atom. The van der Waals surface area contributed by atoms with Gasteiger partial charge in [-0.05, 0) is 17.9 Å². The Morgan fingerprint density at radius 2 is 2.12 bits per heavy atom. The predicted octanol–water partition coefficient (Wildman–Crippen LogP) is 2.95. The van der Waals surface area contributed by atoms with E-state index in [1.807, 2.05) is 11.8 Å². The van der Waals surface area contributed by atoms with Gasteiger partial charge in [-0.15, -0.1) is 0 Å². The lowest BCUT2D eigenvalue weighted by molar-refractivity contribution is 0.654. The summed E-state index contributed by atoms with van der Waals surface area (Å²) < 4.78 is 0. The summed E-state index contributed by atoms with van der Waals surface area (Å²) >= 11 is 1.85. The van der Waals surface area contributed by atoms with Crippen molar-refractivity contribution < 1.29 is 0 Å². The normalized spacial score (nSPS) is 22.1. The van der Waals surface area contributed by atoms with Crippen LogP contribution in [0.2, 0.25) is 0 Å². The molecule has 0 aliphatic carbocycles. The molecular weight excluding hydrogens is 228 g/mol. The first kappa shape index (κ1) is 12.5.